The predicted molar refractivity (Wildman–Crippen MR) is 135 cm³/mol. The molecule has 0 radical (unpaired) electrons. The van der Waals surface area contributed by atoms with Crippen LogP contribution in [-0.2, 0) is 20.2 Å². The molecule has 2 aromatic carbocycles. The van der Waals surface area contributed by atoms with Crippen LogP contribution in [0.3, 0.4) is 0 Å². The molecule has 1 atom stereocenters. The number of carbonyl (C=O) groups excluding carboxylic acids is 1. The van der Waals surface area contributed by atoms with Crippen molar-refractivity contribution in [2.75, 3.05) is 17.4 Å². The molecule has 184 valence electrons. The standard InChI is InChI=1S/C27H36N2O4S/c1-19-10-13-22(14-11-19)34(31,32)29-18-25(26(30)28-17-20-8-6-5-7-9-20)33-24-15-12-21(16-23(24)29)27(2,3)4/h10-16,20,25H,5-9,17-18H2,1-4H3,(H,28,30). The molecule has 1 fully saturated rings. The fourth-order valence-corrected chi connectivity index (χ4v) is 6.14. The van der Waals surface area contributed by atoms with Gasteiger partial charge >= 0.3 is 0 Å². The largest absolute Gasteiger partial charge is 0.476 e. The Labute approximate surface area is 203 Å². The van der Waals surface area contributed by atoms with Crippen molar-refractivity contribution in [1.29, 1.82) is 0 Å². The van der Waals surface area contributed by atoms with E-state index in [1.165, 1.54) is 23.6 Å². The summed E-state index contributed by atoms with van der Waals surface area (Å²) in [6, 6.07) is 12.4. The molecule has 1 amide bonds. The molecule has 1 aliphatic heterocycles. The first kappa shape index (κ1) is 24.6. The second-order valence-electron chi connectivity index (χ2n) is 10.6. The highest BCUT2D eigenvalue weighted by Crippen LogP contribution is 2.40. The van der Waals surface area contributed by atoms with Gasteiger partial charge in [-0.05, 0) is 60.9 Å². The number of rotatable bonds is 5. The van der Waals surface area contributed by atoms with Gasteiger partial charge in [0, 0.05) is 6.54 Å². The summed E-state index contributed by atoms with van der Waals surface area (Å²) >= 11 is 0. The molecule has 0 spiro atoms. The third kappa shape index (κ3) is 5.24. The summed E-state index contributed by atoms with van der Waals surface area (Å²) in [6.45, 7) is 8.71. The van der Waals surface area contributed by atoms with Crippen LogP contribution < -0.4 is 14.4 Å². The molecule has 1 unspecified atom stereocenters. The lowest BCUT2D eigenvalue weighted by Crippen LogP contribution is -2.51. The molecule has 1 N–H and O–H groups in total. The molecule has 2 aromatic rings. The fourth-order valence-electron chi connectivity index (χ4n) is 4.67. The van der Waals surface area contributed by atoms with E-state index in [-0.39, 0.29) is 22.8 Å². The van der Waals surface area contributed by atoms with Crippen LogP contribution in [0.4, 0.5) is 5.69 Å². The fraction of sp³-hybridized carbons (Fsp3) is 0.519. The second-order valence-corrected chi connectivity index (χ2v) is 12.5. The van der Waals surface area contributed by atoms with Gasteiger partial charge in [-0.15, -0.1) is 0 Å². The zero-order valence-corrected chi connectivity index (χ0v) is 21.5. The highest BCUT2D eigenvalue weighted by molar-refractivity contribution is 7.92. The molecular weight excluding hydrogens is 448 g/mol. The van der Waals surface area contributed by atoms with Gasteiger partial charge in [-0.1, -0.05) is 63.8 Å². The maximum atomic E-state index is 13.7. The van der Waals surface area contributed by atoms with Crippen LogP contribution >= 0.6 is 0 Å². The van der Waals surface area contributed by atoms with E-state index >= 15 is 0 Å². The quantitative estimate of drug-likeness (QED) is 0.652. The van der Waals surface area contributed by atoms with Crippen LogP contribution in [0.1, 0.15) is 64.0 Å². The van der Waals surface area contributed by atoms with E-state index in [0.717, 1.165) is 24.0 Å². The van der Waals surface area contributed by atoms with Crippen LogP contribution in [0.5, 0.6) is 5.75 Å². The number of hydrogen-bond donors (Lipinski definition) is 1. The summed E-state index contributed by atoms with van der Waals surface area (Å²) in [6.07, 6.45) is 5.00. The van der Waals surface area contributed by atoms with Crippen molar-refractivity contribution in [3.63, 3.8) is 0 Å². The third-order valence-corrected chi connectivity index (χ3v) is 8.68. The van der Waals surface area contributed by atoms with Gasteiger partial charge in [0.05, 0.1) is 17.1 Å². The maximum absolute atomic E-state index is 13.7. The van der Waals surface area contributed by atoms with E-state index in [4.69, 9.17) is 4.74 Å². The topological polar surface area (TPSA) is 75.7 Å². The van der Waals surface area contributed by atoms with E-state index in [1.54, 1.807) is 30.3 Å². The van der Waals surface area contributed by atoms with Gasteiger partial charge in [-0.3, -0.25) is 9.10 Å². The molecular formula is C27H36N2O4S. The Balaban J connectivity index is 1.65. The Morgan fingerprint density at radius 1 is 1.06 bits per heavy atom. The van der Waals surface area contributed by atoms with E-state index in [0.29, 0.717) is 23.9 Å². The van der Waals surface area contributed by atoms with E-state index in [2.05, 4.69) is 26.1 Å². The SMILES string of the molecule is Cc1ccc(S(=O)(=O)N2CC(C(=O)NCC3CCCCC3)Oc3ccc(C(C)(C)C)cc32)cc1. The number of nitrogens with one attached hydrogen (secondary N) is 1. The number of nitrogens with zero attached hydrogens (tertiary/aromatic N) is 1. The highest BCUT2D eigenvalue weighted by Gasteiger charge is 2.38. The number of ether oxygens (including phenoxy) is 1. The first-order valence-electron chi connectivity index (χ1n) is 12.2. The number of amides is 1. The average Bonchev–Trinajstić information content (AvgIpc) is 2.81. The number of sulfonamides is 1. The van der Waals surface area contributed by atoms with Gasteiger partial charge in [0.25, 0.3) is 15.9 Å². The predicted octanol–water partition coefficient (Wildman–Crippen LogP) is 4.95. The normalized spacial score (nSPS) is 19.3. The summed E-state index contributed by atoms with van der Waals surface area (Å²) in [5.74, 6) is 0.628. The number of hydrogen-bond acceptors (Lipinski definition) is 4. The first-order chi connectivity index (χ1) is 16.1. The second kappa shape index (κ2) is 9.61. The van der Waals surface area contributed by atoms with Crippen LogP contribution in [0, 0.1) is 12.8 Å². The number of benzene rings is 2. The summed E-state index contributed by atoms with van der Waals surface area (Å²) in [7, 11) is -3.88. The van der Waals surface area contributed by atoms with Gasteiger partial charge in [-0.2, -0.15) is 0 Å². The first-order valence-corrected chi connectivity index (χ1v) is 13.7. The summed E-state index contributed by atoms with van der Waals surface area (Å²) < 4.78 is 34.9. The molecule has 7 heteroatoms. The Morgan fingerprint density at radius 3 is 2.38 bits per heavy atom. The average molecular weight is 485 g/mol. The van der Waals surface area contributed by atoms with Crippen LogP contribution in [0.15, 0.2) is 47.4 Å². The van der Waals surface area contributed by atoms with Gasteiger partial charge in [0.15, 0.2) is 6.10 Å². The van der Waals surface area contributed by atoms with Crippen LogP contribution in [0.2, 0.25) is 0 Å². The molecule has 4 rings (SSSR count). The van der Waals surface area contributed by atoms with Crippen molar-refractivity contribution in [2.45, 2.75) is 76.2 Å². The zero-order chi connectivity index (χ0) is 24.5. The van der Waals surface area contributed by atoms with Gasteiger partial charge < -0.3 is 10.1 Å². The lowest BCUT2D eigenvalue weighted by atomic mass is 9.86. The third-order valence-electron chi connectivity index (χ3n) is 6.89. The molecule has 0 bridgehead atoms. The molecule has 1 aliphatic carbocycles. The Kier molecular flexibility index (Phi) is 6.94. The maximum Gasteiger partial charge on any atom is 0.264 e. The molecule has 6 nitrogen and oxygen atoms in total. The minimum atomic E-state index is -3.88. The van der Waals surface area contributed by atoms with Crippen molar-refractivity contribution in [3.8, 4) is 5.75 Å². The Bertz CT molecular complexity index is 1130. The minimum Gasteiger partial charge on any atom is -0.476 e. The summed E-state index contributed by atoms with van der Waals surface area (Å²) in [4.78, 5) is 13.3. The van der Waals surface area contributed by atoms with E-state index in [9.17, 15) is 13.2 Å². The van der Waals surface area contributed by atoms with Gasteiger partial charge in [0.2, 0.25) is 0 Å². The highest BCUT2D eigenvalue weighted by atomic mass is 32.2. The summed E-state index contributed by atoms with van der Waals surface area (Å²) in [5, 5.41) is 3.02. The lowest BCUT2D eigenvalue weighted by Gasteiger charge is -2.36. The Morgan fingerprint density at radius 2 is 1.74 bits per heavy atom. The van der Waals surface area contributed by atoms with Crippen molar-refractivity contribution in [3.05, 3.63) is 53.6 Å². The van der Waals surface area contributed by atoms with Crippen molar-refractivity contribution >= 4 is 21.6 Å². The zero-order valence-electron chi connectivity index (χ0n) is 20.6. The number of aryl methyl sites for hydroxylation is 1. The minimum absolute atomic E-state index is 0.0622. The number of fused-ring (bicyclic) bond motifs is 1. The molecule has 1 saturated carbocycles. The molecule has 0 aromatic heterocycles. The number of carbonyl (C=O) groups is 1. The van der Waals surface area contributed by atoms with Gasteiger partial charge in [-0.25, -0.2) is 8.42 Å². The molecule has 34 heavy (non-hydrogen) atoms. The van der Waals surface area contributed by atoms with Crippen molar-refractivity contribution in [1.82, 2.24) is 5.32 Å². The van der Waals surface area contributed by atoms with E-state index < -0.39 is 16.1 Å². The summed E-state index contributed by atoms with van der Waals surface area (Å²) in [5.41, 5.74) is 2.29. The molecule has 1 heterocycles. The van der Waals surface area contributed by atoms with Crippen LogP contribution in [-0.4, -0.2) is 33.5 Å². The van der Waals surface area contributed by atoms with Gasteiger partial charge in [0.1, 0.15) is 5.75 Å². The smallest absolute Gasteiger partial charge is 0.264 e. The lowest BCUT2D eigenvalue weighted by molar-refractivity contribution is -0.128. The molecule has 0 saturated heterocycles. The monoisotopic (exact) mass is 484 g/mol. The van der Waals surface area contributed by atoms with Crippen molar-refractivity contribution < 1.29 is 17.9 Å². The van der Waals surface area contributed by atoms with Crippen LogP contribution in [0.25, 0.3) is 0 Å². The Hall–Kier alpha value is -2.54. The van der Waals surface area contributed by atoms with Crippen molar-refractivity contribution in [2.24, 2.45) is 5.92 Å². The number of anilines is 1. The molecule has 2 aliphatic rings. The van der Waals surface area contributed by atoms with E-state index in [1.807, 2.05) is 19.1 Å².